The van der Waals surface area contributed by atoms with Crippen LogP contribution < -0.4 is 10.0 Å². The van der Waals surface area contributed by atoms with Crippen LogP contribution >= 0.6 is 11.6 Å². The molecular formula is C41H39ClF9N7O5S2. The first-order chi connectivity index (χ1) is 30.2. The van der Waals surface area contributed by atoms with Crippen molar-refractivity contribution in [1.29, 1.82) is 0 Å². The Balaban J connectivity index is 1.29. The van der Waals surface area contributed by atoms with Crippen LogP contribution in [0.15, 0.2) is 42.5 Å². The topological polar surface area (TPSA) is 158 Å². The molecule has 0 bridgehead atoms. The lowest BCUT2D eigenvalue weighted by Crippen LogP contribution is -2.36. The molecule has 3 heterocycles. The largest absolute Gasteiger partial charge is 0.435 e. The third kappa shape index (κ3) is 9.03. The quantitative estimate of drug-likeness (QED) is 0.0933. The summed E-state index contributed by atoms with van der Waals surface area (Å²) in [6.07, 6.45) is -7.13. The summed E-state index contributed by atoms with van der Waals surface area (Å²) in [7, 11) is -7.69. The number of halogens is 10. The number of sulfone groups is 1. The second-order valence-corrected chi connectivity index (χ2v) is 22.3. The molecule has 2 fully saturated rings. The predicted octanol–water partition coefficient (Wildman–Crippen LogP) is 8.48. The van der Waals surface area contributed by atoms with E-state index in [1.54, 1.807) is 13.8 Å². The van der Waals surface area contributed by atoms with Crippen LogP contribution in [-0.4, -0.2) is 70.0 Å². The van der Waals surface area contributed by atoms with Crippen LogP contribution in [0, 0.1) is 17.6 Å². The van der Waals surface area contributed by atoms with Crippen molar-refractivity contribution < 1.29 is 61.1 Å². The zero-order valence-corrected chi connectivity index (χ0v) is 36.8. The summed E-state index contributed by atoms with van der Waals surface area (Å²) in [6.45, 7) is 0.829. The van der Waals surface area contributed by atoms with Crippen molar-refractivity contribution in [3.05, 3.63) is 93.0 Å². The molecule has 12 nitrogen and oxygen atoms in total. The smallest absolute Gasteiger partial charge is 0.346 e. The van der Waals surface area contributed by atoms with Gasteiger partial charge < -0.3 is 5.32 Å². The predicted molar refractivity (Wildman–Crippen MR) is 220 cm³/mol. The Bertz CT molecular complexity index is 2950. The molecule has 2 N–H and O–H groups in total. The Labute approximate surface area is 370 Å². The van der Waals surface area contributed by atoms with Gasteiger partial charge in [0.1, 0.15) is 30.4 Å². The zero-order valence-electron chi connectivity index (χ0n) is 34.5. The molecular weight excluding hydrogens is 941 g/mol. The number of fused-ring (bicyclic) bond motifs is 4. The van der Waals surface area contributed by atoms with Crippen LogP contribution in [0.2, 0.25) is 5.02 Å². The number of aryl methyl sites for hydroxylation is 1. The Morgan fingerprint density at radius 1 is 0.969 bits per heavy atom. The zero-order chi connectivity index (χ0) is 47.3. The van der Waals surface area contributed by atoms with Gasteiger partial charge in [0, 0.05) is 34.4 Å². The molecule has 3 atom stereocenters. The number of anilines is 1. The number of nitrogens with zero attached hydrogens (tertiary/aromatic N) is 5. The number of amides is 1. The molecule has 0 aliphatic heterocycles. The molecule has 0 saturated heterocycles. The van der Waals surface area contributed by atoms with E-state index < -0.39 is 126 Å². The number of sulfonamides is 1. The highest BCUT2D eigenvalue weighted by molar-refractivity contribution is 7.93. The first kappa shape index (κ1) is 46.6. The maximum atomic E-state index is 15.5. The summed E-state index contributed by atoms with van der Waals surface area (Å²) in [6, 6.07) is 6.40. The SMILES string of the molecule is CC(C)(CCc1ccc(-c2ccc(Cl)c3c(NS(C)(=O)=O)nn(CC(F)F)c23)c([C@H](Cc2cc(F)cc(F)c2)NC(=O)Cn2nc(C(F)(F)F)c3c2C(F)(F)[C@@H]2CC32)n1)S(=O)(=O)C1CC1. The molecule has 24 heteroatoms. The van der Waals surface area contributed by atoms with Gasteiger partial charge in [0.25, 0.3) is 12.3 Å². The monoisotopic (exact) mass is 979 g/mol. The van der Waals surface area contributed by atoms with Crippen LogP contribution in [-0.2, 0) is 62.7 Å². The molecule has 3 aliphatic carbocycles. The van der Waals surface area contributed by atoms with E-state index in [0.717, 1.165) is 23.1 Å². The number of pyridine rings is 1. The second-order valence-electron chi connectivity index (χ2n) is 17.3. The highest BCUT2D eigenvalue weighted by Crippen LogP contribution is 2.68. The molecule has 5 aromatic rings. The normalized spacial score (nSPS) is 18.8. The van der Waals surface area contributed by atoms with Gasteiger partial charge in [0.15, 0.2) is 21.3 Å². The lowest BCUT2D eigenvalue weighted by atomic mass is 9.93. The highest BCUT2D eigenvalue weighted by atomic mass is 35.5. The standard InChI is InChI=1S/C41H39ClF9N7O5S2/c1-39(2,65(62,63)23-5-6-23)11-10-22-4-7-24(25-8-9-28(42)33-35(25)57(17-30(45)46)55-38(33)56-64(3,60)61)34(52-22)29(14-19-12-20(43)15-21(44)13-19)53-31(59)18-58-37-32(36(54-58)41(49,50)51)26-16-27(26)40(37,47)48/h4,7-9,12-13,15,23,26-27,29-30H,5-6,10-11,14,16-18H2,1-3H3,(H,53,59)(H,55,56)/t26?,27-,29+/m1/s1. The fourth-order valence-electron chi connectivity index (χ4n) is 8.71. The van der Waals surface area contributed by atoms with E-state index in [4.69, 9.17) is 16.6 Å². The van der Waals surface area contributed by atoms with Crippen molar-refractivity contribution in [2.24, 2.45) is 5.92 Å². The molecule has 2 saturated carbocycles. The van der Waals surface area contributed by atoms with Gasteiger partial charge in [-0.3, -0.25) is 23.9 Å². The molecule has 65 heavy (non-hydrogen) atoms. The van der Waals surface area contributed by atoms with Gasteiger partial charge in [0.2, 0.25) is 15.9 Å². The third-order valence-corrected chi connectivity index (χ3v) is 15.9. The van der Waals surface area contributed by atoms with Gasteiger partial charge in [0.05, 0.1) is 43.9 Å². The summed E-state index contributed by atoms with van der Waals surface area (Å²) < 4.78 is 185. The number of rotatable bonds is 16. The van der Waals surface area contributed by atoms with Crippen LogP contribution in [0.4, 0.5) is 45.3 Å². The Hall–Kier alpha value is -4.90. The minimum atomic E-state index is -5.15. The molecule has 0 radical (unpaired) electrons. The third-order valence-electron chi connectivity index (χ3n) is 11.9. The number of hydrogen-bond acceptors (Lipinski definition) is 8. The fraction of sp³-hybridized carbons (Fsp3) is 0.463. The Kier molecular flexibility index (Phi) is 11.6. The average Bonchev–Trinajstić information content (AvgIpc) is 4.10. The summed E-state index contributed by atoms with van der Waals surface area (Å²) >= 11 is 6.56. The maximum absolute atomic E-state index is 15.5. The Morgan fingerprint density at radius 2 is 1.63 bits per heavy atom. The van der Waals surface area contributed by atoms with Crippen LogP contribution in [0.25, 0.3) is 22.0 Å². The van der Waals surface area contributed by atoms with E-state index in [2.05, 4.69) is 20.2 Å². The van der Waals surface area contributed by atoms with Crippen molar-refractivity contribution in [1.82, 2.24) is 29.9 Å². The summed E-state index contributed by atoms with van der Waals surface area (Å²) in [4.78, 5) is 18.9. The highest BCUT2D eigenvalue weighted by Gasteiger charge is 2.68. The van der Waals surface area contributed by atoms with Gasteiger partial charge >= 0.3 is 6.18 Å². The van der Waals surface area contributed by atoms with Crippen LogP contribution in [0.3, 0.4) is 0 Å². The summed E-state index contributed by atoms with van der Waals surface area (Å²) in [5, 5.41) is 9.28. The fourth-order valence-corrected chi connectivity index (χ4v) is 11.5. The minimum Gasteiger partial charge on any atom is -0.346 e. The van der Waals surface area contributed by atoms with E-state index in [9.17, 15) is 52.4 Å². The number of carbonyl (C=O) groups is 1. The molecule has 1 amide bonds. The van der Waals surface area contributed by atoms with Crippen molar-refractivity contribution in [3.8, 4) is 11.1 Å². The van der Waals surface area contributed by atoms with Gasteiger partial charge in [-0.2, -0.15) is 32.1 Å². The Morgan fingerprint density at radius 3 is 2.25 bits per heavy atom. The number of alkyl halides is 7. The van der Waals surface area contributed by atoms with Crippen molar-refractivity contribution in [2.75, 3.05) is 11.0 Å². The van der Waals surface area contributed by atoms with Crippen LogP contribution in [0.5, 0.6) is 0 Å². The van der Waals surface area contributed by atoms with E-state index in [-0.39, 0.29) is 67.9 Å². The lowest BCUT2D eigenvalue weighted by molar-refractivity contribution is -0.142. The van der Waals surface area contributed by atoms with Gasteiger partial charge in [-0.15, -0.1) is 0 Å². The van der Waals surface area contributed by atoms with E-state index >= 15 is 8.78 Å². The van der Waals surface area contributed by atoms with Crippen LogP contribution in [0.1, 0.15) is 85.4 Å². The number of hydrogen-bond donors (Lipinski definition) is 2. The molecule has 2 aromatic carbocycles. The number of benzene rings is 2. The molecule has 350 valence electrons. The van der Waals surface area contributed by atoms with E-state index in [1.165, 1.54) is 24.3 Å². The van der Waals surface area contributed by atoms with E-state index in [0.29, 0.717) is 18.9 Å². The second kappa shape index (κ2) is 16.2. The number of nitrogens with one attached hydrogen (secondary N) is 2. The van der Waals surface area contributed by atoms with Gasteiger partial charge in [-0.1, -0.05) is 23.7 Å². The molecule has 1 unspecified atom stereocenters. The lowest BCUT2D eigenvalue weighted by Gasteiger charge is -2.26. The maximum Gasteiger partial charge on any atom is 0.435 e. The summed E-state index contributed by atoms with van der Waals surface area (Å²) in [5.74, 6) is -10.0. The molecule has 8 rings (SSSR count). The molecule has 0 spiro atoms. The molecule has 3 aromatic heterocycles. The number of carbonyl (C=O) groups excluding carboxylic acids is 1. The van der Waals surface area contributed by atoms with Crippen molar-refractivity contribution in [3.63, 3.8) is 0 Å². The molecule has 3 aliphatic rings. The first-order valence-electron chi connectivity index (χ1n) is 20.2. The van der Waals surface area contributed by atoms with Crippen molar-refractivity contribution >= 4 is 54.1 Å². The number of aromatic nitrogens is 5. The van der Waals surface area contributed by atoms with Gasteiger partial charge in [-0.05, 0) is 88.1 Å². The minimum absolute atomic E-state index is 0.00745. The average molecular weight is 980 g/mol. The summed E-state index contributed by atoms with van der Waals surface area (Å²) in [5.41, 5.74) is -3.53. The van der Waals surface area contributed by atoms with E-state index in [1.807, 2.05) is 0 Å². The first-order valence-corrected chi connectivity index (χ1v) is 24.0. The van der Waals surface area contributed by atoms with Gasteiger partial charge in [-0.25, -0.2) is 34.4 Å². The van der Waals surface area contributed by atoms with Crippen molar-refractivity contribution in [2.45, 2.75) is 106 Å².